The van der Waals surface area contributed by atoms with Crippen molar-refractivity contribution in [3.63, 3.8) is 0 Å². The van der Waals surface area contributed by atoms with Crippen molar-refractivity contribution < 1.29 is 21.6 Å². The third-order valence-electron chi connectivity index (χ3n) is 3.21. The lowest BCUT2D eigenvalue weighted by Crippen LogP contribution is -2.54. The largest absolute Gasteiger partial charge is 0.409 e. The molecule has 2 rings (SSSR count). The molecule has 0 unspecified atom stereocenters. The maximum Gasteiger partial charge on any atom is 0.409 e. The van der Waals surface area contributed by atoms with Gasteiger partial charge in [0.1, 0.15) is 0 Å². The SMILES string of the molecule is O=S1(=O)CC[C@H]2CNC[C@]21C(F)(F)F. The molecule has 2 saturated heterocycles. The maximum absolute atomic E-state index is 12.8. The van der Waals surface area contributed by atoms with E-state index in [0.717, 1.165) is 0 Å². The molecule has 14 heavy (non-hydrogen) atoms. The third-order valence-corrected chi connectivity index (χ3v) is 5.80. The minimum absolute atomic E-state index is 0.120. The average molecular weight is 229 g/mol. The van der Waals surface area contributed by atoms with Crippen LogP contribution < -0.4 is 5.32 Å². The van der Waals surface area contributed by atoms with Crippen molar-refractivity contribution in [1.82, 2.24) is 5.32 Å². The molecule has 1 N–H and O–H groups in total. The van der Waals surface area contributed by atoms with E-state index in [1.165, 1.54) is 0 Å². The van der Waals surface area contributed by atoms with E-state index in [2.05, 4.69) is 5.32 Å². The van der Waals surface area contributed by atoms with E-state index < -0.39 is 33.2 Å². The van der Waals surface area contributed by atoms with Gasteiger partial charge in [0.25, 0.3) is 0 Å². The number of hydrogen-bond donors (Lipinski definition) is 1. The Bertz CT molecular complexity index is 350. The van der Waals surface area contributed by atoms with Crippen LogP contribution in [0.1, 0.15) is 6.42 Å². The molecule has 0 bridgehead atoms. The smallest absolute Gasteiger partial charge is 0.314 e. The lowest BCUT2D eigenvalue weighted by atomic mass is 9.93. The molecular formula is C7H10F3NO2S. The number of rotatable bonds is 0. The standard InChI is InChI=1S/C7H10F3NO2S/c8-7(9,10)6-4-11-3-5(6)1-2-14(6,12)13/h5,11H,1-4H2/t5-,6+/m0/s1. The second kappa shape index (κ2) is 2.63. The molecular weight excluding hydrogens is 219 g/mol. The molecule has 0 aromatic rings. The van der Waals surface area contributed by atoms with Crippen LogP contribution in [0, 0.1) is 5.92 Å². The zero-order valence-electron chi connectivity index (χ0n) is 7.26. The molecule has 2 fully saturated rings. The molecule has 82 valence electrons. The number of hydrogen-bond acceptors (Lipinski definition) is 3. The molecule has 2 atom stereocenters. The second-order valence-electron chi connectivity index (χ2n) is 3.82. The molecule has 2 aliphatic heterocycles. The van der Waals surface area contributed by atoms with Gasteiger partial charge in [0, 0.05) is 12.5 Å². The first kappa shape index (κ1) is 10.2. The van der Waals surface area contributed by atoms with Crippen LogP contribution >= 0.6 is 0 Å². The van der Waals surface area contributed by atoms with Crippen molar-refractivity contribution in [2.75, 3.05) is 18.8 Å². The minimum Gasteiger partial charge on any atom is -0.314 e. The van der Waals surface area contributed by atoms with E-state index >= 15 is 0 Å². The van der Waals surface area contributed by atoms with Gasteiger partial charge in [-0.25, -0.2) is 8.42 Å². The Morgan fingerprint density at radius 1 is 1.36 bits per heavy atom. The number of fused-ring (bicyclic) bond motifs is 1. The predicted molar refractivity (Wildman–Crippen MR) is 43.5 cm³/mol. The van der Waals surface area contributed by atoms with E-state index in [1.54, 1.807) is 0 Å². The van der Waals surface area contributed by atoms with Crippen LogP contribution in [0.4, 0.5) is 13.2 Å². The van der Waals surface area contributed by atoms with Crippen molar-refractivity contribution in [3.8, 4) is 0 Å². The van der Waals surface area contributed by atoms with Crippen LogP contribution in [-0.4, -0.2) is 38.2 Å². The Labute approximate surface area is 79.6 Å². The average Bonchev–Trinajstić information content (AvgIpc) is 2.50. The summed E-state index contributed by atoms with van der Waals surface area (Å²) in [5.74, 6) is -1.13. The fraction of sp³-hybridized carbons (Fsp3) is 1.00. The minimum atomic E-state index is -4.66. The lowest BCUT2D eigenvalue weighted by Gasteiger charge is -2.29. The topological polar surface area (TPSA) is 46.2 Å². The fourth-order valence-electron chi connectivity index (χ4n) is 2.43. The molecule has 0 aromatic heterocycles. The molecule has 0 radical (unpaired) electrons. The molecule has 2 heterocycles. The first-order valence-corrected chi connectivity index (χ1v) is 5.96. The van der Waals surface area contributed by atoms with Gasteiger partial charge in [-0.3, -0.25) is 0 Å². The summed E-state index contributed by atoms with van der Waals surface area (Å²) in [6.45, 7) is -0.331. The Balaban J connectivity index is 2.57. The van der Waals surface area contributed by atoms with E-state index in [9.17, 15) is 21.6 Å². The van der Waals surface area contributed by atoms with Gasteiger partial charge in [0.2, 0.25) is 0 Å². The van der Waals surface area contributed by atoms with Gasteiger partial charge in [0.05, 0.1) is 5.75 Å². The number of halogens is 3. The molecule has 3 nitrogen and oxygen atoms in total. The van der Waals surface area contributed by atoms with Gasteiger partial charge in [-0.05, 0) is 13.0 Å². The van der Waals surface area contributed by atoms with Gasteiger partial charge >= 0.3 is 6.18 Å². The van der Waals surface area contributed by atoms with E-state index in [4.69, 9.17) is 0 Å². The third kappa shape index (κ3) is 0.995. The number of alkyl halides is 3. The van der Waals surface area contributed by atoms with Gasteiger partial charge < -0.3 is 5.32 Å². The Hall–Kier alpha value is -0.300. The monoisotopic (exact) mass is 229 g/mol. The van der Waals surface area contributed by atoms with Gasteiger partial charge in [-0.15, -0.1) is 0 Å². The zero-order valence-corrected chi connectivity index (χ0v) is 8.08. The summed E-state index contributed by atoms with van der Waals surface area (Å²) < 4.78 is 58.8. The number of nitrogens with one attached hydrogen (secondary N) is 1. The number of sulfone groups is 1. The van der Waals surface area contributed by atoms with Crippen molar-refractivity contribution >= 4 is 9.84 Å². The Morgan fingerprint density at radius 3 is 2.50 bits per heavy atom. The van der Waals surface area contributed by atoms with Gasteiger partial charge in [-0.2, -0.15) is 13.2 Å². The highest BCUT2D eigenvalue weighted by Gasteiger charge is 2.71. The van der Waals surface area contributed by atoms with Crippen LogP contribution in [0.15, 0.2) is 0 Å². The van der Waals surface area contributed by atoms with Crippen LogP contribution in [-0.2, 0) is 9.84 Å². The summed E-state index contributed by atoms with van der Waals surface area (Å²) in [7, 11) is -4.03. The summed E-state index contributed by atoms with van der Waals surface area (Å²) in [5, 5.41) is 2.53. The highest BCUT2D eigenvalue weighted by Crippen LogP contribution is 2.50. The summed E-state index contributed by atoms with van der Waals surface area (Å²) in [6.07, 6.45) is -4.54. The summed E-state index contributed by atoms with van der Waals surface area (Å²) in [5.41, 5.74) is 0. The molecule has 2 aliphatic rings. The van der Waals surface area contributed by atoms with E-state index in [-0.39, 0.29) is 18.7 Å². The molecule has 0 saturated carbocycles. The summed E-state index contributed by atoms with van der Waals surface area (Å²) >= 11 is 0. The zero-order chi connectivity index (χ0) is 10.6. The second-order valence-corrected chi connectivity index (χ2v) is 6.19. The van der Waals surface area contributed by atoms with E-state index in [1.807, 2.05) is 0 Å². The Kier molecular flexibility index (Phi) is 1.92. The first-order valence-electron chi connectivity index (χ1n) is 4.31. The van der Waals surface area contributed by atoms with Crippen LogP contribution in [0.2, 0.25) is 0 Å². The summed E-state index contributed by atoms with van der Waals surface area (Å²) in [4.78, 5) is 0. The molecule has 0 amide bonds. The normalized spacial score (nSPS) is 41.2. The summed E-state index contributed by atoms with van der Waals surface area (Å²) in [6, 6.07) is 0. The molecule has 0 aliphatic carbocycles. The van der Waals surface area contributed by atoms with Crippen molar-refractivity contribution in [3.05, 3.63) is 0 Å². The fourth-order valence-corrected chi connectivity index (χ4v) is 4.77. The Morgan fingerprint density at radius 2 is 2.00 bits per heavy atom. The molecule has 0 aromatic carbocycles. The maximum atomic E-state index is 12.8. The highest BCUT2D eigenvalue weighted by molar-refractivity contribution is 7.93. The quantitative estimate of drug-likeness (QED) is 0.651. The van der Waals surface area contributed by atoms with Crippen LogP contribution in [0.25, 0.3) is 0 Å². The van der Waals surface area contributed by atoms with Gasteiger partial charge in [0.15, 0.2) is 14.6 Å². The van der Waals surface area contributed by atoms with E-state index in [0.29, 0.717) is 0 Å². The van der Waals surface area contributed by atoms with Gasteiger partial charge in [-0.1, -0.05) is 0 Å². The van der Waals surface area contributed by atoms with Crippen molar-refractivity contribution in [2.45, 2.75) is 17.3 Å². The first-order chi connectivity index (χ1) is 6.31. The van der Waals surface area contributed by atoms with Crippen LogP contribution in [0.3, 0.4) is 0 Å². The highest BCUT2D eigenvalue weighted by atomic mass is 32.2. The molecule has 0 spiro atoms. The van der Waals surface area contributed by atoms with Crippen LogP contribution in [0.5, 0.6) is 0 Å². The molecule has 7 heteroatoms. The van der Waals surface area contributed by atoms with Crippen molar-refractivity contribution in [1.29, 1.82) is 0 Å². The predicted octanol–water partition coefficient (Wildman–Crippen LogP) is 0.325. The lowest BCUT2D eigenvalue weighted by molar-refractivity contribution is -0.164. The van der Waals surface area contributed by atoms with Crippen molar-refractivity contribution in [2.24, 2.45) is 5.92 Å².